The number of carbonyl (C=O) groups excluding carboxylic acids is 1. The minimum absolute atomic E-state index is 0.0395. The Kier molecular flexibility index (Phi) is 7.84. The van der Waals surface area contributed by atoms with E-state index in [1.54, 1.807) is 19.4 Å². The van der Waals surface area contributed by atoms with E-state index in [0.29, 0.717) is 41.3 Å². The Balaban J connectivity index is 1.06. The summed E-state index contributed by atoms with van der Waals surface area (Å²) in [6, 6.07) is 17.4. The van der Waals surface area contributed by atoms with Gasteiger partial charge >= 0.3 is 0 Å². The standard InChI is InChI=1S/C32H36N6O3/c1-22(35-32(39)26-18-28(40-2)20-29(19-26)41-21-23-7-8-23)24-10-15-37(16-11-24)30-9-13-33-31(36-30)25-5-3-6-27(17-25)38-14-4-12-34-38/h3-6,9,12-14,17-20,22-24H,7-8,10-11,15-16,21H2,1-2H3,(H,35,39). The number of nitrogens with zero attached hydrogens (tertiary/aromatic N) is 5. The van der Waals surface area contributed by atoms with Crippen molar-refractivity contribution in [2.24, 2.45) is 11.8 Å². The fourth-order valence-electron chi connectivity index (χ4n) is 5.31. The first-order valence-corrected chi connectivity index (χ1v) is 14.4. The molecule has 0 radical (unpaired) electrons. The van der Waals surface area contributed by atoms with Crippen LogP contribution in [-0.4, -0.2) is 58.5 Å². The topological polar surface area (TPSA) is 94.4 Å². The summed E-state index contributed by atoms with van der Waals surface area (Å²) in [5, 5.41) is 7.55. The average molecular weight is 553 g/mol. The zero-order valence-corrected chi connectivity index (χ0v) is 23.6. The lowest BCUT2D eigenvalue weighted by Crippen LogP contribution is -2.44. The monoisotopic (exact) mass is 552 g/mol. The number of aromatic nitrogens is 4. The number of piperidine rings is 1. The van der Waals surface area contributed by atoms with Crippen LogP contribution in [0.2, 0.25) is 0 Å². The van der Waals surface area contributed by atoms with Crippen molar-refractivity contribution in [2.75, 3.05) is 31.7 Å². The lowest BCUT2D eigenvalue weighted by atomic mass is 9.90. The molecule has 2 aromatic carbocycles. The van der Waals surface area contributed by atoms with Crippen molar-refractivity contribution in [3.8, 4) is 28.6 Å². The molecule has 1 amide bonds. The van der Waals surface area contributed by atoms with E-state index < -0.39 is 0 Å². The summed E-state index contributed by atoms with van der Waals surface area (Å²) in [4.78, 5) is 24.9. The minimum Gasteiger partial charge on any atom is -0.497 e. The van der Waals surface area contributed by atoms with Gasteiger partial charge in [-0.25, -0.2) is 14.6 Å². The van der Waals surface area contributed by atoms with Crippen LogP contribution in [0.4, 0.5) is 5.82 Å². The molecule has 1 aliphatic carbocycles. The first-order chi connectivity index (χ1) is 20.1. The van der Waals surface area contributed by atoms with Crippen LogP contribution in [0.1, 0.15) is 43.0 Å². The predicted molar refractivity (Wildman–Crippen MR) is 158 cm³/mol. The molecule has 1 unspecified atom stereocenters. The first-order valence-electron chi connectivity index (χ1n) is 14.4. The largest absolute Gasteiger partial charge is 0.497 e. The molecular weight excluding hydrogens is 516 g/mol. The van der Waals surface area contributed by atoms with Gasteiger partial charge in [0.05, 0.1) is 19.4 Å². The highest BCUT2D eigenvalue weighted by atomic mass is 16.5. The van der Waals surface area contributed by atoms with Crippen LogP contribution in [0.3, 0.4) is 0 Å². The zero-order chi connectivity index (χ0) is 28.2. The van der Waals surface area contributed by atoms with Crippen molar-refractivity contribution >= 4 is 11.7 Å². The summed E-state index contributed by atoms with van der Waals surface area (Å²) in [7, 11) is 1.61. The third-order valence-corrected chi connectivity index (χ3v) is 8.00. The van der Waals surface area contributed by atoms with Gasteiger partial charge in [-0.1, -0.05) is 12.1 Å². The second-order valence-corrected chi connectivity index (χ2v) is 11.0. The van der Waals surface area contributed by atoms with E-state index in [0.717, 1.165) is 43.0 Å². The number of hydrogen-bond acceptors (Lipinski definition) is 7. The van der Waals surface area contributed by atoms with Crippen molar-refractivity contribution in [3.63, 3.8) is 0 Å². The van der Waals surface area contributed by atoms with Crippen molar-refractivity contribution in [2.45, 2.75) is 38.6 Å². The second-order valence-electron chi connectivity index (χ2n) is 11.0. The smallest absolute Gasteiger partial charge is 0.251 e. The molecule has 9 heteroatoms. The Morgan fingerprint density at radius 2 is 1.85 bits per heavy atom. The normalized spacial score (nSPS) is 16.3. The zero-order valence-electron chi connectivity index (χ0n) is 23.6. The molecule has 2 fully saturated rings. The summed E-state index contributed by atoms with van der Waals surface area (Å²) < 4.78 is 13.2. The lowest BCUT2D eigenvalue weighted by molar-refractivity contribution is 0.0921. The van der Waals surface area contributed by atoms with Gasteiger partial charge in [-0.3, -0.25) is 4.79 Å². The fourth-order valence-corrected chi connectivity index (χ4v) is 5.31. The SMILES string of the molecule is COc1cc(OCC2CC2)cc(C(=O)NC(C)C2CCN(c3ccnc(-c4cccc(-n5cccn5)c4)n3)CC2)c1. The molecule has 1 saturated heterocycles. The van der Waals surface area contributed by atoms with Gasteiger partial charge in [0, 0.05) is 54.9 Å². The molecule has 0 spiro atoms. The molecule has 1 aliphatic heterocycles. The average Bonchev–Trinajstić information content (AvgIpc) is 3.69. The molecule has 1 saturated carbocycles. The molecule has 1 N–H and O–H groups in total. The Bertz CT molecular complexity index is 1480. The fraction of sp³-hybridized carbons (Fsp3) is 0.375. The second kappa shape index (κ2) is 12.0. The molecule has 1 atom stereocenters. The van der Waals surface area contributed by atoms with Crippen molar-refractivity contribution in [1.82, 2.24) is 25.1 Å². The highest BCUT2D eigenvalue weighted by Gasteiger charge is 2.27. The maximum atomic E-state index is 13.2. The number of nitrogens with one attached hydrogen (secondary N) is 1. The molecule has 2 aliphatic rings. The van der Waals surface area contributed by atoms with Gasteiger partial charge in [0.25, 0.3) is 5.91 Å². The molecular formula is C32H36N6O3. The van der Waals surface area contributed by atoms with Crippen molar-refractivity contribution in [1.29, 1.82) is 0 Å². The van der Waals surface area contributed by atoms with Gasteiger partial charge in [-0.2, -0.15) is 5.10 Å². The number of anilines is 1. The summed E-state index contributed by atoms with van der Waals surface area (Å²) in [6.07, 6.45) is 9.86. The molecule has 0 bridgehead atoms. The molecule has 41 heavy (non-hydrogen) atoms. The summed E-state index contributed by atoms with van der Waals surface area (Å²) in [6.45, 7) is 4.52. The lowest BCUT2D eigenvalue weighted by Gasteiger charge is -2.35. The number of ether oxygens (including phenoxy) is 2. The van der Waals surface area contributed by atoms with Crippen molar-refractivity contribution < 1.29 is 14.3 Å². The Labute approximate surface area is 240 Å². The first kappa shape index (κ1) is 26.8. The Morgan fingerprint density at radius 3 is 2.61 bits per heavy atom. The molecule has 4 aromatic rings. The maximum absolute atomic E-state index is 13.2. The van der Waals surface area contributed by atoms with E-state index in [-0.39, 0.29) is 11.9 Å². The quantitative estimate of drug-likeness (QED) is 0.290. The molecule has 6 rings (SSSR count). The van der Waals surface area contributed by atoms with Gasteiger partial charge in [0.2, 0.25) is 0 Å². The predicted octanol–water partition coefficient (Wildman–Crippen LogP) is 5.16. The maximum Gasteiger partial charge on any atom is 0.251 e. The number of carbonyl (C=O) groups is 1. The van der Waals surface area contributed by atoms with Crippen LogP contribution >= 0.6 is 0 Å². The molecule has 9 nitrogen and oxygen atoms in total. The van der Waals surface area contributed by atoms with Crippen molar-refractivity contribution in [3.05, 3.63) is 78.8 Å². The molecule has 2 aromatic heterocycles. The van der Waals surface area contributed by atoms with Crippen LogP contribution in [0.25, 0.3) is 17.1 Å². The number of amides is 1. The van der Waals surface area contributed by atoms with E-state index in [2.05, 4.69) is 27.2 Å². The van der Waals surface area contributed by atoms with Gasteiger partial charge in [0.15, 0.2) is 5.82 Å². The van der Waals surface area contributed by atoms with Crippen LogP contribution in [0.5, 0.6) is 11.5 Å². The van der Waals surface area contributed by atoms with E-state index in [1.165, 1.54) is 12.8 Å². The van der Waals surface area contributed by atoms with E-state index >= 15 is 0 Å². The van der Waals surface area contributed by atoms with Crippen LogP contribution in [0, 0.1) is 11.8 Å². The van der Waals surface area contributed by atoms with Crippen LogP contribution in [0.15, 0.2) is 73.2 Å². The van der Waals surface area contributed by atoms with Gasteiger partial charge in [-0.05, 0) is 80.8 Å². The minimum atomic E-state index is -0.104. The molecule has 3 heterocycles. The van der Waals surface area contributed by atoms with E-state index in [1.807, 2.05) is 65.6 Å². The van der Waals surface area contributed by atoms with Crippen LogP contribution in [-0.2, 0) is 0 Å². The summed E-state index contributed by atoms with van der Waals surface area (Å²) in [5.41, 5.74) is 2.48. The summed E-state index contributed by atoms with van der Waals surface area (Å²) in [5.74, 6) is 3.83. The van der Waals surface area contributed by atoms with Crippen LogP contribution < -0.4 is 19.7 Å². The van der Waals surface area contributed by atoms with Gasteiger partial charge in [0.1, 0.15) is 17.3 Å². The van der Waals surface area contributed by atoms with Gasteiger partial charge < -0.3 is 19.7 Å². The Hall–Kier alpha value is -4.40. The Morgan fingerprint density at radius 1 is 1.02 bits per heavy atom. The number of methoxy groups -OCH3 is 1. The highest BCUT2D eigenvalue weighted by molar-refractivity contribution is 5.95. The number of benzene rings is 2. The van der Waals surface area contributed by atoms with E-state index in [9.17, 15) is 4.79 Å². The highest BCUT2D eigenvalue weighted by Crippen LogP contribution is 2.31. The van der Waals surface area contributed by atoms with E-state index in [4.69, 9.17) is 14.5 Å². The number of hydrogen-bond donors (Lipinski definition) is 1. The number of rotatable bonds is 10. The summed E-state index contributed by atoms with van der Waals surface area (Å²) >= 11 is 0. The third kappa shape index (κ3) is 6.51. The molecule has 212 valence electrons. The third-order valence-electron chi connectivity index (χ3n) is 8.00. The van der Waals surface area contributed by atoms with Gasteiger partial charge in [-0.15, -0.1) is 0 Å².